The summed E-state index contributed by atoms with van der Waals surface area (Å²) in [5, 5.41) is 0. The van der Waals surface area contributed by atoms with Crippen molar-refractivity contribution in [2.24, 2.45) is 11.7 Å². The van der Waals surface area contributed by atoms with E-state index < -0.39 is 0 Å². The topological polar surface area (TPSA) is 66.6 Å². The van der Waals surface area contributed by atoms with E-state index in [0.29, 0.717) is 13.1 Å². The molecule has 0 aliphatic carbocycles. The van der Waals surface area contributed by atoms with Gasteiger partial charge in [-0.2, -0.15) is 0 Å². The van der Waals surface area contributed by atoms with Crippen LogP contribution in [0.1, 0.15) is 24.8 Å². The molecule has 0 saturated carbocycles. The Morgan fingerprint density at radius 1 is 1.18 bits per heavy atom. The van der Waals surface area contributed by atoms with Gasteiger partial charge in [0.05, 0.1) is 12.5 Å². The van der Waals surface area contributed by atoms with E-state index >= 15 is 0 Å². The summed E-state index contributed by atoms with van der Waals surface area (Å²) in [7, 11) is 0. The molecule has 1 fully saturated rings. The van der Waals surface area contributed by atoms with Crippen molar-refractivity contribution < 1.29 is 9.59 Å². The average molecular weight is 301 g/mol. The number of nitrogens with zero attached hydrogens (tertiary/aromatic N) is 2. The van der Waals surface area contributed by atoms with Crippen LogP contribution in [0, 0.1) is 5.92 Å². The number of hydrogen-bond donors (Lipinski definition) is 1. The van der Waals surface area contributed by atoms with Gasteiger partial charge in [0.15, 0.2) is 0 Å². The molecule has 2 amide bonds. The van der Waals surface area contributed by atoms with Gasteiger partial charge in [0.25, 0.3) is 0 Å². The number of anilines is 1. The van der Waals surface area contributed by atoms with Gasteiger partial charge >= 0.3 is 0 Å². The molecule has 118 valence electrons. The predicted molar refractivity (Wildman–Crippen MR) is 85.5 cm³/mol. The normalized spacial score (nSPS) is 22.2. The Kier molecular flexibility index (Phi) is 4.43. The summed E-state index contributed by atoms with van der Waals surface area (Å²) in [5.74, 6) is -0.243. The Morgan fingerprint density at radius 2 is 2.00 bits per heavy atom. The third kappa shape index (κ3) is 3.14. The van der Waals surface area contributed by atoms with E-state index in [1.165, 1.54) is 5.56 Å². The molecule has 2 aliphatic heterocycles. The molecule has 2 aliphatic rings. The predicted octanol–water partition coefficient (Wildman–Crippen LogP) is 1.16. The van der Waals surface area contributed by atoms with Gasteiger partial charge in [-0.15, -0.1) is 0 Å². The van der Waals surface area contributed by atoms with E-state index in [-0.39, 0.29) is 17.7 Å². The minimum absolute atomic E-state index is 0.116. The molecule has 0 aromatic heterocycles. The van der Waals surface area contributed by atoms with Crippen molar-refractivity contribution in [2.45, 2.75) is 25.7 Å². The molecule has 0 unspecified atom stereocenters. The first-order chi connectivity index (χ1) is 10.6. The van der Waals surface area contributed by atoms with E-state index in [1.54, 1.807) is 0 Å². The number of hydrogen-bond acceptors (Lipinski definition) is 3. The zero-order valence-corrected chi connectivity index (χ0v) is 12.8. The van der Waals surface area contributed by atoms with Crippen LogP contribution in [0.2, 0.25) is 0 Å². The van der Waals surface area contributed by atoms with E-state index in [2.05, 4.69) is 11.0 Å². The fraction of sp³-hybridized carbons (Fsp3) is 0.529. The lowest BCUT2D eigenvalue weighted by Gasteiger charge is -2.34. The van der Waals surface area contributed by atoms with Crippen LogP contribution in [0.4, 0.5) is 5.69 Å². The molecule has 0 spiro atoms. The van der Waals surface area contributed by atoms with Crippen molar-refractivity contribution >= 4 is 17.5 Å². The Labute approximate surface area is 131 Å². The second-order valence-corrected chi connectivity index (χ2v) is 6.25. The van der Waals surface area contributed by atoms with Gasteiger partial charge in [0, 0.05) is 18.8 Å². The molecule has 2 N–H and O–H groups in total. The van der Waals surface area contributed by atoms with E-state index in [1.807, 2.05) is 23.1 Å². The first-order valence-electron chi connectivity index (χ1n) is 8.05. The number of piperidine rings is 1. The maximum absolute atomic E-state index is 12.7. The Balaban J connectivity index is 1.67. The molecule has 1 aromatic rings. The summed E-state index contributed by atoms with van der Waals surface area (Å²) in [6.07, 6.45) is 3.81. The summed E-state index contributed by atoms with van der Waals surface area (Å²) in [5.41, 5.74) is 7.70. The second-order valence-electron chi connectivity index (χ2n) is 6.25. The zero-order chi connectivity index (χ0) is 15.5. The van der Waals surface area contributed by atoms with Gasteiger partial charge in [0.2, 0.25) is 11.8 Å². The fourth-order valence-corrected chi connectivity index (χ4v) is 3.50. The number of amides is 2. The summed E-state index contributed by atoms with van der Waals surface area (Å²) >= 11 is 0. The number of primary amides is 1. The molecule has 5 heteroatoms. The van der Waals surface area contributed by atoms with Crippen molar-refractivity contribution in [1.29, 1.82) is 0 Å². The molecule has 1 atom stereocenters. The van der Waals surface area contributed by atoms with E-state index in [9.17, 15) is 9.59 Å². The maximum atomic E-state index is 12.7. The van der Waals surface area contributed by atoms with Crippen molar-refractivity contribution in [3.8, 4) is 0 Å². The lowest BCUT2D eigenvalue weighted by molar-refractivity contribution is -0.125. The first-order valence-corrected chi connectivity index (χ1v) is 8.05. The Morgan fingerprint density at radius 3 is 2.82 bits per heavy atom. The minimum Gasteiger partial charge on any atom is -0.369 e. The quantitative estimate of drug-likeness (QED) is 0.911. The summed E-state index contributed by atoms with van der Waals surface area (Å²) in [6, 6.07) is 8.12. The zero-order valence-electron chi connectivity index (χ0n) is 12.8. The number of rotatable bonds is 3. The number of fused-ring (bicyclic) bond motifs is 1. The Bertz CT molecular complexity index is 573. The molecule has 0 radical (unpaired) electrons. The second kappa shape index (κ2) is 6.48. The number of carbonyl (C=O) groups excluding carboxylic acids is 2. The largest absolute Gasteiger partial charge is 0.369 e. The highest BCUT2D eigenvalue weighted by Crippen LogP contribution is 2.27. The SMILES string of the molecule is NC(=O)[C@H]1CCCN(CC(=O)N2CCCc3ccccc32)C1. The summed E-state index contributed by atoms with van der Waals surface area (Å²) in [4.78, 5) is 28.0. The van der Waals surface area contributed by atoms with Crippen LogP contribution in [0.25, 0.3) is 0 Å². The van der Waals surface area contributed by atoms with Gasteiger partial charge in [-0.05, 0) is 43.9 Å². The Hall–Kier alpha value is -1.88. The van der Waals surface area contributed by atoms with Gasteiger partial charge in [-0.3, -0.25) is 14.5 Å². The molecular weight excluding hydrogens is 278 g/mol. The highest BCUT2D eigenvalue weighted by atomic mass is 16.2. The van der Waals surface area contributed by atoms with E-state index in [4.69, 9.17) is 5.73 Å². The van der Waals surface area contributed by atoms with Crippen molar-refractivity contribution in [2.75, 3.05) is 31.1 Å². The van der Waals surface area contributed by atoms with Crippen LogP contribution in [-0.4, -0.2) is 42.9 Å². The first kappa shape index (κ1) is 15.0. The monoisotopic (exact) mass is 301 g/mol. The van der Waals surface area contributed by atoms with Crippen LogP contribution in [0.5, 0.6) is 0 Å². The van der Waals surface area contributed by atoms with Gasteiger partial charge < -0.3 is 10.6 Å². The smallest absolute Gasteiger partial charge is 0.241 e. The number of carbonyl (C=O) groups is 2. The number of benzene rings is 1. The third-order valence-corrected chi connectivity index (χ3v) is 4.68. The molecule has 2 heterocycles. The van der Waals surface area contributed by atoms with Crippen molar-refractivity contribution in [1.82, 2.24) is 4.90 Å². The molecule has 0 bridgehead atoms. The summed E-state index contributed by atoms with van der Waals surface area (Å²) in [6.45, 7) is 2.63. The van der Waals surface area contributed by atoms with Gasteiger partial charge in [-0.25, -0.2) is 0 Å². The highest BCUT2D eigenvalue weighted by molar-refractivity contribution is 5.96. The standard InChI is InChI=1S/C17H23N3O2/c18-17(22)14-7-3-9-19(11-14)12-16(21)20-10-4-6-13-5-1-2-8-15(13)20/h1-2,5,8,14H,3-4,6-7,9-12H2,(H2,18,22)/t14-/m0/s1. The number of likely N-dealkylation sites (tertiary alicyclic amines) is 1. The van der Waals surface area contributed by atoms with Gasteiger partial charge in [0.1, 0.15) is 0 Å². The molecule has 1 aromatic carbocycles. The lowest BCUT2D eigenvalue weighted by atomic mass is 9.97. The number of nitrogens with two attached hydrogens (primary N) is 1. The minimum atomic E-state index is -0.250. The van der Waals surface area contributed by atoms with Crippen molar-refractivity contribution in [3.05, 3.63) is 29.8 Å². The van der Waals surface area contributed by atoms with Crippen molar-refractivity contribution in [3.63, 3.8) is 0 Å². The molecule has 22 heavy (non-hydrogen) atoms. The summed E-state index contributed by atoms with van der Waals surface area (Å²) < 4.78 is 0. The highest BCUT2D eigenvalue weighted by Gasteiger charge is 2.28. The fourth-order valence-electron chi connectivity index (χ4n) is 3.50. The molecule has 3 rings (SSSR count). The van der Waals surface area contributed by atoms with Crippen LogP contribution in [0.3, 0.4) is 0 Å². The van der Waals surface area contributed by atoms with Crippen LogP contribution < -0.4 is 10.6 Å². The average Bonchev–Trinajstić information content (AvgIpc) is 2.54. The molecular formula is C17H23N3O2. The third-order valence-electron chi connectivity index (χ3n) is 4.68. The van der Waals surface area contributed by atoms with Gasteiger partial charge in [-0.1, -0.05) is 18.2 Å². The number of aryl methyl sites for hydroxylation is 1. The maximum Gasteiger partial charge on any atom is 0.241 e. The van der Waals surface area contributed by atoms with Crippen LogP contribution in [0.15, 0.2) is 24.3 Å². The molecule has 5 nitrogen and oxygen atoms in total. The van der Waals surface area contributed by atoms with E-state index in [0.717, 1.165) is 44.5 Å². The number of para-hydroxylation sites is 1. The van der Waals surface area contributed by atoms with Crippen LogP contribution in [-0.2, 0) is 16.0 Å². The lowest BCUT2D eigenvalue weighted by Crippen LogP contribution is -2.47. The van der Waals surface area contributed by atoms with Crippen LogP contribution >= 0.6 is 0 Å². The molecule has 1 saturated heterocycles.